The van der Waals surface area contributed by atoms with Crippen LogP contribution in [0.15, 0.2) is 42.5 Å². The molecule has 0 spiro atoms. The molecule has 138 valence electrons. The Morgan fingerprint density at radius 1 is 1.04 bits per heavy atom. The van der Waals surface area contributed by atoms with Gasteiger partial charge in [-0.15, -0.1) is 0 Å². The number of hydrogen-bond acceptors (Lipinski definition) is 5. The van der Waals surface area contributed by atoms with Crippen molar-refractivity contribution < 1.29 is 23.8 Å². The lowest BCUT2D eigenvalue weighted by molar-refractivity contribution is -0.124. The van der Waals surface area contributed by atoms with Gasteiger partial charge in [-0.2, -0.15) is 0 Å². The third kappa shape index (κ3) is 5.39. The van der Waals surface area contributed by atoms with Crippen LogP contribution in [0.3, 0.4) is 0 Å². The quantitative estimate of drug-likeness (QED) is 0.716. The third-order valence-electron chi connectivity index (χ3n) is 3.59. The molecule has 0 atom stereocenters. The normalized spacial score (nSPS) is 10.1. The van der Waals surface area contributed by atoms with Crippen molar-refractivity contribution in [3.8, 4) is 11.5 Å². The molecule has 2 aromatic rings. The number of carbonyl (C=O) groups is 2. The molecule has 0 unspecified atom stereocenters. The zero-order valence-electron chi connectivity index (χ0n) is 14.6. The highest BCUT2D eigenvalue weighted by atomic mass is 35.5. The molecule has 0 saturated heterocycles. The Morgan fingerprint density at radius 2 is 1.69 bits per heavy atom. The van der Waals surface area contributed by atoms with Crippen molar-refractivity contribution >= 4 is 23.5 Å². The van der Waals surface area contributed by atoms with Crippen LogP contribution in [0.25, 0.3) is 0 Å². The number of ether oxygens (including phenoxy) is 3. The number of methoxy groups -OCH3 is 2. The lowest BCUT2D eigenvalue weighted by atomic mass is 10.1. The van der Waals surface area contributed by atoms with Crippen molar-refractivity contribution in [3.05, 3.63) is 58.6 Å². The minimum Gasteiger partial charge on any atom is -0.496 e. The van der Waals surface area contributed by atoms with E-state index in [0.717, 1.165) is 5.56 Å². The summed E-state index contributed by atoms with van der Waals surface area (Å²) in [5.74, 6) is -0.454. The van der Waals surface area contributed by atoms with E-state index in [2.05, 4.69) is 5.32 Å². The molecule has 2 rings (SSSR count). The molecule has 0 aliphatic carbocycles. The summed E-state index contributed by atoms with van der Waals surface area (Å²) in [5, 5.41) is 3.34. The van der Waals surface area contributed by atoms with E-state index in [1.807, 2.05) is 18.2 Å². The van der Waals surface area contributed by atoms with Crippen molar-refractivity contribution in [2.75, 3.05) is 27.4 Å². The second-order valence-electron chi connectivity index (χ2n) is 5.34. The second kappa shape index (κ2) is 9.68. The summed E-state index contributed by atoms with van der Waals surface area (Å²) < 4.78 is 15.4. The smallest absolute Gasteiger partial charge is 0.346 e. The average Bonchev–Trinajstić information content (AvgIpc) is 2.65. The van der Waals surface area contributed by atoms with Crippen molar-refractivity contribution in [2.45, 2.75) is 6.42 Å². The first kappa shape index (κ1) is 19.6. The molecule has 1 amide bonds. The van der Waals surface area contributed by atoms with Gasteiger partial charge in [0.2, 0.25) is 0 Å². The number of nitrogens with one attached hydrogen (secondary N) is 1. The average molecular weight is 378 g/mol. The number of amides is 1. The van der Waals surface area contributed by atoms with E-state index in [1.165, 1.54) is 14.2 Å². The maximum Gasteiger partial charge on any atom is 0.346 e. The Labute approximate surface area is 157 Å². The van der Waals surface area contributed by atoms with Crippen LogP contribution in [-0.2, 0) is 16.0 Å². The highest BCUT2D eigenvalue weighted by Gasteiger charge is 2.20. The van der Waals surface area contributed by atoms with Gasteiger partial charge in [0.25, 0.3) is 5.91 Å². The maximum atomic E-state index is 12.3. The van der Waals surface area contributed by atoms with Crippen LogP contribution in [0.2, 0.25) is 5.02 Å². The predicted octanol–water partition coefficient (Wildman–Crippen LogP) is 2.87. The van der Waals surface area contributed by atoms with Gasteiger partial charge in [0.1, 0.15) is 17.1 Å². The van der Waals surface area contributed by atoms with Crippen LogP contribution < -0.4 is 14.8 Å². The molecule has 1 N–H and O–H groups in total. The van der Waals surface area contributed by atoms with Crippen molar-refractivity contribution in [2.24, 2.45) is 0 Å². The summed E-state index contributed by atoms with van der Waals surface area (Å²) in [7, 11) is 2.88. The summed E-state index contributed by atoms with van der Waals surface area (Å²) in [5.41, 5.74) is 1.15. The zero-order chi connectivity index (χ0) is 18.9. The molecule has 0 aliphatic rings. The standard InChI is InChI=1S/C19H20ClNO5/c1-24-15-7-4-8-16(25-2)18(15)19(23)26-12-17(22)21-10-9-13-5-3-6-14(20)11-13/h3-8,11H,9-10,12H2,1-2H3,(H,21,22). The Bertz CT molecular complexity index is 756. The minimum absolute atomic E-state index is 0.143. The fraction of sp³-hybridized carbons (Fsp3) is 0.263. The van der Waals surface area contributed by atoms with Gasteiger partial charge < -0.3 is 19.5 Å². The van der Waals surface area contributed by atoms with Gasteiger partial charge in [0, 0.05) is 11.6 Å². The molecule has 0 heterocycles. The van der Waals surface area contributed by atoms with Gasteiger partial charge in [-0.05, 0) is 36.2 Å². The predicted molar refractivity (Wildman–Crippen MR) is 98.0 cm³/mol. The summed E-state index contributed by atoms with van der Waals surface area (Å²) in [6.45, 7) is 0.0181. The number of halogens is 1. The lowest BCUT2D eigenvalue weighted by Crippen LogP contribution is -2.30. The molecule has 0 fully saturated rings. The molecular formula is C19H20ClNO5. The van der Waals surface area contributed by atoms with Crippen molar-refractivity contribution in [1.29, 1.82) is 0 Å². The van der Waals surface area contributed by atoms with E-state index in [0.29, 0.717) is 29.5 Å². The van der Waals surface area contributed by atoms with Crippen LogP contribution in [0.5, 0.6) is 11.5 Å². The molecule has 2 aromatic carbocycles. The molecule has 0 saturated carbocycles. The Balaban J connectivity index is 1.84. The van der Waals surface area contributed by atoms with Crippen LogP contribution in [0.4, 0.5) is 0 Å². The van der Waals surface area contributed by atoms with E-state index >= 15 is 0 Å². The molecule has 0 aliphatic heterocycles. The molecule has 0 aromatic heterocycles. The van der Waals surface area contributed by atoms with Crippen LogP contribution in [-0.4, -0.2) is 39.2 Å². The summed E-state index contributed by atoms with van der Waals surface area (Å²) in [6, 6.07) is 12.3. The fourth-order valence-corrected chi connectivity index (χ4v) is 2.56. The van der Waals surface area contributed by atoms with Gasteiger partial charge in [-0.3, -0.25) is 4.79 Å². The monoisotopic (exact) mass is 377 g/mol. The van der Waals surface area contributed by atoms with Crippen LogP contribution in [0, 0.1) is 0 Å². The van der Waals surface area contributed by atoms with Crippen molar-refractivity contribution in [3.63, 3.8) is 0 Å². The summed E-state index contributed by atoms with van der Waals surface area (Å²) >= 11 is 5.91. The number of carbonyl (C=O) groups excluding carboxylic acids is 2. The van der Waals surface area contributed by atoms with E-state index in [4.69, 9.17) is 25.8 Å². The first-order chi connectivity index (χ1) is 12.5. The molecule has 26 heavy (non-hydrogen) atoms. The van der Waals surface area contributed by atoms with Crippen LogP contribution >= 0.6 is 11.6 Å². The number of esters is 1. The molecule has 7 heteroatoms. The zero-order valence-corrected chi connectivity index (χ0v) is 15.3. The summed E-state index contributed by atoms with van der Waals surface area (Å²) in [4.78, 5) is 24.1. The van der Waals surface area contributed by atoms with E-state index in [9.17, 15) is 9.59 Å². The first-order valence-electron chi connectivity index (χ1n) is 7.94. The van der Waals surface area contributed by atoms with Gasteiger partial charge in [0.05, 0.1) is 14.2 Å². The van der Waals surface area contributed by atoms with Gasteiger partial charge in [-0.25, -0.2) is 4.79 Å². The summed E-state index contributed by atoms with van der Waals surface area (Å²) in [6.07, 6.45) is 0.626. The number of rotatable bonds is 8. The number of hydrogen-bond donors (Lipinski definition) is 1. The van der Waals surface area contributed by atoms with Crippen molar-refractivity contribution in [1.82, 2.24) is 5.32 Å². The fourth-order valence-electron chi connectivity index (χ4n) is 2.35. The van der Waals surface area contributed by atoms with Gasteiger partial charge >= 0.3 is 5.97 Å². The lowest BCUT2D eigenvalue weighted by Gasteiger charge is -2.12. The first-order valence-corrected chi connectivity index (χ1v) is 8.32. The largest absolute Gasteiger partial charge is 0.496 e. The molecule has 0 radical (unpaired) electrons. The number of benzene rings is 2. The van der Waals surface area contributed by atoms with E-state index < -0.39 is 18.5 Å². The molecule has 0 bridgehead atoms. The topological polar surface area (TPSA) is 73.9 Å². The van der Waals surface area contributed by atoms with E-state index in [1.54, 1.807) is 24.3 Å². The highest BCUT2D eigenvalue weighted by Crippen LogP contribution is 2.28. The second-order valence-corrected chi connectivity index (χ2v) is 5.78. The van der Waals surface area contributed by atoms with Gasteiger partial charge in [0.15, 0.2) is 6.61 Å². The SMILES string of the molecule is COc1cccc(OC)c1C(=O)OCC(=O)NCCc1cccc(Cl)c1. The third-order valence-corrected chi connectivity index (χ3v) is 3.83. The maximum absolute atomic E-state index is 12.3. The molecule has 6 nitrogen and oxygen atoms in total. The molecular weight excluding hydrogens is 358 g/mol. The van der Waals surface area contributed by atoms with Gasteiger partial charge in [-0.1, -0.05) is 29.8 Å². The Morgan fingerprint density at radius 3 is 2.31 bits per heavy atom. The Kier molecular flexibility index (Phi) is 7.29. The Hall–Kier alpha value is -2.73. The minimum atomic E-state index is -0.690. The van der Waals surface area contributed by atoms with Crippen LogP contribution in [0.1, 0.15) is 15.9 Å². The highest BCUT2D eigenvalue weighted by molar-refractivity contribution is 6.30. The van der Waals surface area contributed by atoms with E-state index in [-0.39, 0.29) is 5.56 Å².